The predicted octanol–water partition coefficient (Wildman–Crippen LogP) is 2.33. The quantitative estimate of drug-likeness (QED) is 0.781. The van der Waals surface area contributed by atoms with Crippen LogP contribution in [-0.2, 0) is 14.8 Å². The molecule has 3 heterocycles. The van der Waals surface area contributed by atoms with Gasteiger partial charge in [-0.05, 0) is 50.0 Å². The molecule has 1 aromatic heterocycles. The van der Waals surface area contributed by atoms with Crippen molar-refractivity contribution in [3.05, 3.63) is 22.4 Å². The zero-order chi connectivity index (χ0) is 18.4. The van der Waals surface area contributed by atoms with E-state index in [-0.39, 0.29) is 23.6 Å². The Morgan fingerprint density at radius 1 is 1.27 bits per heavy atom. The van der Waals surface area contributed by atoms with Crippen LogP contribution in [0.5, 0.6) is 0 Å². The molecule has 0 aromatic carbocycles. The van der Waals surface area contributed by atoms with E-state index in [1.165, 1.54) is 17.6 Å². The minimum Gasteiger partial charge on any atom is -0.375 e. The maximum atomic E-state index is 12.5. The lowest BCUT2D eigenvalue weighted by Gasteiger charge is -2.48. The smallest absolute Gasteiger partial charge is 0.263 e. The molecule has 0 bridgehead atoms. The molecule has 3 aliphatic rings. The summed E-state index contributed by atoms with van der Waals surface area (Å²) in [7, 11) is -3.20. The van der Waals surface area contributed by atoms with Crippen molar-refractivity contribution >= 4 is 27.3 Å². The van der Waals surface area contributed by atoms with Crippen molar-refractivity contribution in [1.82, 2.24) is 9.21 Å². The molecule has 144 valence electrons. The Morgan fingerprint density at radius 2 is 2.00 bits per heavy atom. The van der Waals surface area contributed by atoms with Crippen LogP contribution in [0, 0.1) is 0 Å². The van der Waals surface area contributed by atoms with Gasteiger partial charge in [-0.15, -0.1) is 11.3 Å². The number of likely N-dealkylation sites (tertiary alicyclic amines) is 1. The van der Waals surface area contributed by atoms with Gasteiger partial charge < -0.3 is 9.64 Å². The van der Waals surface area contributed by atoms with E-state index in [0.717, 1.165) is 43.4 Å². The molecule has 1 saturated carbocycles. The first-order valence-corrected chi connectivity index (χ1v) is 12.1. The lowest BCUT2D eigenvalue weighted by molar-refractivity contribution is -0.123. The summed E-state index contributed by atoms with van der Waals surface area (Å²) < 4.78 is 32.5. The van der Waals surface area contributed by atoms with E-state index in [0.29, 0.717) is 19.7 Å². The van der Waals surface area contributed by atoms with E-state index in [4.69, 9.17) is 4.74 Å². The Morgan fingerprint density at radius 3 is 2.58 bits per heavy atom. The molecule has 1 unspecified atom stereocenters. The molecule has 1 aromatic rings. The van der Waals surface area contributed by atoms with Gasteiger partial charge in [0.1, 0.15) is 0 Å². The number of hydrogen-bond acceptors (Lipinski definition) is 5. The molecular formula is C18H26N2O4S2. The monoisotopic (exact) mass is 398 g/mol. The molecule has 3 fully saturated rings. The standard InChI is InChI=1S/C18H26N2O4S2/c1-26(22,23)20(14-4-5-14)15-6-11-24-18(13-15)7-9-19(10-8-18)17(21)16-3-2-12-25-16/h2-3,12,14-15H,4-11,13H2,1H3. The van der Waals surface area contributed by atoms with Crippen LogP contribution in [0.25, 0.3) is 0 Å². The fourth-order valence-corrected chi connectivity index (χ4v) is 6.57. The van der Waals surface area contributed by atoms with Gasteiger partial charge >= 0.3 is 0 Å². The maximum absolute atomic E-state index is 12.5. The Balaban J connectivity index is 1.42. The van der Waals surface area contributed by atoms with Crippen LogP contribution >= 0.6 is 11.3 Å². The minimum atomic E-state index is -3.20. The van der Waals surface area contributed by atoms with Crippen molar-refractivity contribution in [2.24, 2.45) is 0 Å². The normalized spacial score (nSPS) is 26.4. The Labute approximate surface area is 159 Å². The van der Waals surface area contributed by atoms with Crippen molar-refractivity contribution in [2.45, 2.75) is 56.2 Å². The fourth-order valence-electron chi connectivity index (χ4n) is 4.41. The number of carbonyl (C=O) groups is 1. The summed E-state index contributed by atoms with van der Waals surface area (Å²) in [5.74, 6) is 0.0953. The van der Waals surface area contributed by atoms with Crippen molar-refractivity contribution in [3.63, 3.8) is 0 Å². The zero-order valence-electron chi connectivity index (χ0n) is 15.1. The van der Waals surface area contributed by atoms with E-state index < -0.39 is 10.0 Å². The SMILES string of the molecule is CS(=O)(=O)N(C1CC1)C1CCOC2(CCN(C(=O)c3cccs3)CC2)C1. The molecule has 0 N–H and O–H groups in total. The fraction of sp³-hybridized carbons (Fsp3) is 0.722. The summed E-state index contributed by atoms with van der Waals surface area (Å²) in [4.78, 5) is 15.2. The highest BCUT2D eigenvalue weighted by atomic mass is 32.2. The maximum Gasteiger partial charge on any atom is 0.263 e. The molecule has 4 rings (SSSR count). The molecule has 8 heteroatoms. The van der Waals surface area contributed by atoms with E-state index in [2.05, 4.69) is 0 Å². The van der Waals surface area contributed by atoms with Crippen LogP contribution in [0.1, 0.15) is 48.2 Å². The van der Waals surface area contributed by atoms with E-state index in [9.17, 15) is 13.2 Å². The van der Waals surface area contributed by atoms with Crippen LogP contribution in [-0.4, -0.2) is 67.2 Å². The highest BCUT2D eigenvalue weighted by molar-refractivity contribution is 7.88. The van der Waals surface area contributed by atoms with Crippen LogP contribution in [0.2, 0.25) is 0 Å². The summed E-state index contributed by atoms with van der Waals surface area (Å²) in [6.07, 6.45) is 6.35. The van der Waals surface area contributed by atoms with Gasteiger partial charge in [0, 0.05) is 31.8 Å². The molecule has 1 amide bonds. The van der Waals surface area contributed by atoms with Gasteiger partial charge in [-0.25, -0.2) is 8.42 Å². The van der Waals surface area contributed by atoms with Crippen LogP contribution < -0.4 is 0 Å². The van der Waals surface area contributed by atoms with Gasteiger partial charge in [-0.2, -0.15) is 4.31 Å². The molecule has 6 nitrogen and oxygen atoms in total. The molecule has 1 aliphatic carbocycles. The number of ether oxygens (including phenoxy) is 1. The summed E-state index contributed by atoms with van der Waals surface area (Å²) in [6.45, 7) is 1.94. The summed E-state index contributed by atoms with van der Waals surface area (Å²) in [5.41, 5.74) is -0.285. The first kappa shape index (κ1) is 18.4. The number of hydrogen-bond donors (Lipinski definition) is 0. The van der Waals surface area contributed by atoms with Gasteiger partial charge in [0.2, 0.25) is 10.0 Å². The Hall–Kier alpha value is -0.960. The molecule has 1 atom stereocenters. The van der Waals surface area contributed by atoms with Gasteiger partial charge in [-0.1, -0.05) is 6.07 Å². The molecule has 1 spiro atoms. The van der Waals surface area contributed by atoms with E-state index in [1.807, 2.05) is 22.4 Å². The largest absolute Gasteiger partial charge is 0.375 e. The number of piperidine rings is 1. The van der Waals surface area contributed by atoms with Crippen molar-refractivity contribution < 1.29 is 17.9 Å². The van der Waals surface area contributed by atoms with Crippen molar-refractivity contribution in [3.8, 4) is 0 Å². The molecule has 2 saturated heterocycles. The number of sulfonamides is 1. The van der Waals surface area contributed by atoms with Crippen molar-refractivity contribution in [1.29, 1.82) is 0 Å². The third-order valence-electron chi connectivity index (χ3n) is 5.81. The summed E-state index contributed by atoms with van der Waals surface area (Å²) >= 11 is 1.47. The second-order valence-electron chi connectivity index (χ2n) is 7.77. The number of thiophene rings is 1. The van der Waals surface area contributed by atoms with Crippen LogP contribution in [0.15, 0.2) is 17.5 Å². The van der Waals surface area contributed by atoms with Crippen LogP contribution in [0.4, 0.5) is 0 Å². The number of nitrogens with zero attached hydrogens (tertiary/aromatic N) is 2. The number of amides is 1. The average Bonchev–Trinajstić information content (AvgIpc) is 3.25. The number of carbonyl (C=O) groups excluding carboxylic acids is 1. The first-order valence-electron chi connectivity index (χ1n) is 9.33. The molecule has 26 heavy (non-hydrogen) atoms. The van der Waals surface area contributed by atoms with Gasteiger partial charge in [0.25, 0.3) is 5.91 Å². The highest BCUT2D eigenvalue weighted by Crippen LogP contribution is 2.41. The Kier molecular flexibility index (Phi) is 4.88. The van der Waals surface area contributed by atoms with Gasteiger partial charge in [0.15, 0.2) is 0 Å². The average molecular weight is 399 g/mol. The van der Waals surface area contributed by atoms with E-state index in [1.54, 1.807) is 4.31 Å². The van der Waals surface area contributed by atoms with Gasteiger partial charge in [0.05, 0.1) is 16.7 Å². The molecule has 0 radical (unpaired) electrons. The third-order valence-corrected chi connectivity index (χ3v) is 8.03. The predicted molar refractivity (Wildman–Crippen MR) is 101 cm³/mol. The second-order valence-corrected chi connectivity index (χ2v) is 10.6. The lowest BCUT2D eigenvalue weighted by Crippen LogP contribution is -2.55. The molecule has 2 aliphatic heterocycles. The topological polar surface area (TPSA) is 66.9 Å². The zero-order valence-corrected chi connectivity index (χ0v) is 16.7. The van der Waals surface area contributed by atoms with Crippen molar-refractivity contribution in [2.75, 3.05) is 26.0 Å². The highest BCUT2D eigenvalue weighted by Gasteiger charge is 2.47. The van der Waals surface area contributed by atoms with Crippen LogP contribution in [0.3, 0.4) is 0 Å². The first-order chi connectivity index (χ1) is 12.4. The minimum absolute atomic E-state index is 0.0331. The summed E-state index contributed by atoms with van der Waals surface area (Å²) in [5, 5.41) is 1.92. The van der Waals surface area contributed by atoms with E-state index >= 15 is 0 Å². The summed E-state index contributed by atoms with van der Waals surface area (Å²) in [6, 6.07) is 3.98. The second kappa shape index (κ2) is 6.89. The molecular weight excluding hydrogens is 372 g/mol. The number of rotatable bonds is 4. The van der Waals surface area contributed by atoms with Gasteiger partial charge in [-0.3, -0.25) is 4.79 Å². The lowest BCUT2D eigenvalue weighted by atomic mass is 9.82. The Bertz CT molecular complexity index is 750. The third kappa shape index (κ3) is 3.69.